The van der Waals surface area contributed by atoms with E-state index in [1.807, 2.05) is 31.2 Å². The van der Waals surface area contributed by atoms with Gasteiger partial charge in [-0.2, -0.15) is 0 Å². The monoisotopic (exact) mass is 434 g/mol. The summed E-state index contributed by atoms with van der Waals surface area (Å²) in [5.74, 6) is 0.626. The molecule has 0 spiro atoms. The van der Waals surface area contributed by atoms with Gasteiger partial charge in [-0.15, -0.1) is 5.10 Å². The molecule has 0 aliphatic carbocycles. The second kappa shape index (κ2) is 8.88. The molecule has 10 heteroatoms. The van der Waals surface area contributed by atoms with Gasteiger partial charge in [0, 0.05) is 6.07 Å². The van der Waals surface area contributed by atoms with Gasteiger partial charge in [0.1, 0.15) is 24.4 Å². The van der Waals surface area contributed by atoms with Crippen LogP contribution in [0.5, 0.6) is 11.5 Å². The lowest BCUT2D eigenvalue weighted by atomic mass is 10.1. The van der Waals surface area contributed by atoms with Gasteiger partial charge in [0.2, 0.25) is 5.91 Å². The Morgan fingerprint density at radius 1 is 1.12 bits per heavy atom. The number of amides is 1. The molecule has 2 heterocycles. The average Bonchev–Trinajstić information content (AvgIpc) is 3.21. The molecule has 2 aromatic carbocycles. The highest BCUT2D eigenvalue weighted by Crippen LogP contribution is 2.28. The number of nitrogens with zero attached hydrogens (tertiary/aromatic N) is 5. The van der Waals surface area contributed by atoms with E-state index in [-0.39, 0.29) is 12.1 Å². The minimum absolute atomic E-state index is 0.107. The van der Waals surface area contributed by atoms with Crippen molar-refractivity contribution in [2.24, 2.45) is 0 Å². The number of carbonyl (C=O) groups is 1. The van der Waals surface area contributed by atoms with Crippen molar-refractivity contribution in [3.05, 3.63) is 70.3 Å². The van der Waals surface area contributed by atoms with E-state index < -0.39 is 11.5 Å². The van der Waals surface area contributed by atoms with Gasteiger partial charge < -0.3 is 14.8 Å². The summed E-state index contributed by atoms with van der Waals surface area (Å²) < 4.78 is 13.2. The number of fused-ring (bicyclic) bond motifs is 1. The van der Waals surface area contributed by atoms with Crippen LogP contribution in [-0.2, 0) is 17.9 Å². The molecule has 2 aromatic heterocycles. The Morgan fingerprint density at radius 2 is 1.94 bits per heavy atom. The van der Waals surface area contributed by atoms with E-state index >= 15 is 0 Å². The van der Waals surface area contributed by atoms with Crippen LogP contribution in [0, 0.1) is 6.92 Å². The lowest BCUT2D eigenvalue weighted by Crippen LogP contribution is -2.28. The summed E-state index contributed by atoms with van der Waals surface area (Å²) in [6.07, 6.45) is 1.33. The van der Waals surface area contributed by atoms with E-state index in [0.29, 0.717) is 29.4 Å². The van der Waals surface area contributed by atoms with Gasteiger partial charge in [-0.25, -0.2) is 9.67 Å². The summed E-state index contributed by atoms with van der Waals surface area (Å²) in [7, 11) is 3.03. The molecule has 0 radical (unpaired) electrons. The topological polar surface area (TPSA) is 113 Å². The molecule has 0 aliphatic rings. The summed E-state index contributed by atoms with van der Waals surface area (Å²) in [6, 6.07) is 12.9. The zero-order valence-electron chi connectivity index (χ0n) is 17.9. The molecule has 1 amide bonds. The third-order valence-electron chi connectivity index (χ3n) is 5.07. The second-order valence-electron chi connectivity index (χ2n) is 7.14. The fourth-order valence-electron chi connectivity index (χ4n) is 3.30. The van der Waals surface area contributed by atoms with Crippen molar-refractivity contribution in [2.75, 3.05) is 19.5 Å². The summed E-state index contributed by atoms with van der Waals surface area (Å²) in [4.78, 5) is 29.7. The van der Waals surface area contributed by atoms with Crippen LogP contribution in [0.2, 0.25) is 0 Å². The van der Waals surface area contributed by atoms with E-state index in [0.717, 1.165) is 11.1 Å². The minimum atomic E-state index is -0.442. The molecule has 0 saturated carbocycles. The van der Waals surface area contributed by atoms with E-state index in [4.69, 9.17) is 9.47 Å². The summed E-state index contributed by atoms with van der Waals surface area (Å²) >= 11 is 0. The SMILES string of the molecule is COc1ccc(NC(=O)Cn2cnc3c(nnn3Cc3ccccc3C)c2=O)c(OC)c1. The number of hydrogen-bond donors (Lipinski definition) is 1. The van der Waals surface area contributed by atoms with Crippen LogP contribution in [0.15, 0.2) is 53.6 Å². The first-order valence-electron chi connectivity index (χ1n) is 9.85. The molecule has 0 aliphatic heterocycles. The summed E-state index contributed by atoms with van der Waals surface area (Å²) in [5.41, 5.74) is 2.66. The standard InChI is InChI=1S/C22H22N6O4/c1-14-6-4-5-7-15(14)11-28-21-20(25-26-28)22(30)27(13-23-21)12-19(29)24-17-9-8-16(31-2)10-18(17)32-3/h4-10,13H,11-12H2,1-3H3,(H,24,29). The highest BCUT2D eigenvalue weighted by atomic mass is 16.5. The Balaban J connectivity index is 1.54. The van der Waals surface area contributed by atoms with Crippen LogP contribution in [0.3, 0.4) is 0 Å². The van der Waals surface area contributed by atoms with Gasteiger partial charge in [-0.05, 0) is 30.2 Å². The number of aryl methyl sites for hydroxylation is 1. The number of carbonyl (C=O) groups excluding carboxylic acids is 1. The first-order chi connectivity index (χ1) is 15.5. The molecular formula is C22H22N6O4. The number of anilines is 1. The van der Waals surface area contributed by atoms with E-state index in [1.165, 1.54) is 18.0 Å². The van der Waals surface area contributed by atoms with Gasteiger partial charge >= 0.3 is 0 Å². The number of benzene rings is 2. The van der Waals surface area contributed by atoms with Gasteiger partial charge in [0.15, 0.2) is 11.2 Å². The fraction of sp³-hybridized carbons (Fsp3) is 0.227. The highest BCUT2D eigenvalue weighted by Gasteiger charge is 2.15. The first-order valence-corrected chi connectivity index (χ1v) is 9.85. The molecule has 164 valence electrons. The van der Waals surface area contributed by atoms with Gasteiger partial charge in [0.25, 0.3) is 5.56 Å². The molecule has 0 fully saturated rings. The fourth-order valence-corrected chi connectivity index (χ4v) is 3.30. The molecule has 4 rings (SSSR count). The maximum Gasteiger partial charge on any atom is 0.283 e. The lowest BCUT2D eigenvalue weighted by molar-refractivity contribution is -0.116. The van der Waals surface area contributed by atoms with Crippen LogP contribution < -0.4 is 20.3 Å². The minimum Gasteiger partial charge on any atom is -0.497 e. The Labute approximate surface area is 183 Å². The first kappa shape index (κ1) is 21.0. The van der Waals surface area contributed by atoms with Crippen LogP contribution in [-0.4, -0.2) is 44.7 Å². The quantitative estimate of drug-likeness (QED) is 0.473. The van der Waals surface area contributed by atoms with Crippen LogP contribution in [0.4, 0.5) is 5.69 Å². The second-order valence-corrected chi connectivity index (χ2v) is 7.14. The third kappa shape index (κ3) is 4.15. The van der Waals surface area contributed by atoms with Gasteiger partial charge in [0.05, 0.1) is 26.5 Å². The molecule has 0 unspecified atom stereocenters. The number of methoxy groups -OCH3 is 2. The number of hydrogen-bond acceptors (Lipinski definition) is 7. The molecule has 10 nitrogen and oxygen atoms in total. The molecular weight excluding hydrogens is 412 g/mol. The molecule has 0 atom stereocenters. The van der Waals surface area contributed by atoms with Crippen molar-refractivity contribution >= 4 is 22.8 Å². The summed E-state index contributed by atoms with van der Waals surface area (Å²) in [6.45, 7) is 2.21. The van der Waals surface area contributed by atoms with Crippen LogP contribution in [0.1, 0.15) is 11.1 Å². The predicted molar refractivity (Wildman–Crippen MR) is 118 cm³/mol. The van der Waals surface area contributed by atoms with Crippen molar-refractivity contribution in [1.29, 1.82) is 0 Å². The van der Waals surface area contributed by atoms with E-state index in [9.17, 15) is 9.59 Å². The molecule has 0 saturated heterocycles. The molecule has 32 heavy (non-hydrogen) atoms. The van der Waals surface area contributed by atoms with Gasteiger partial charge in [-0.1, -0.05) is 29.5 Å². The number of nitrogens with one attached hydrogen (secondary N) is 1. The lowest BCUT2D eigenvalue weighted by Gasteiger charge is -2.12. The third-order valence-corrected chi connectivity index (χ3v) is 5.07. The van der Waals surface area contributed by atoms with Crippen LogP contribution in [0.25, 0.3) is 11.2 Å². The van der Waals surface area contributed by atoms with Crippen LogP contribution >= 0.6 is 0 Å². The number of aromatic nitrogens is 5. The zero-order valence-corrected chi connectivity index (χ0v) is 17.9. The zero-order chi connectivity index (χ0) is 22.7. The van der Waals surface area contributed by atoms with E-state index in [1.54, 1.807) is 30.0 Å². The number of ether oxygens (including phenoxy) is 2. The molecule has 0 bridgehead atoms. The van der Waals surface area contributed by atoms with Crippen molar-refractivity contribution in [1.82, 2.24) is 24.5 Å². The Morgan fingerprint density at radius 3 is 2.69 bits per heavy atom. The highest BCUT2D eigenvalue weighted by molar-refractivity contribution is 5.92. The largest absolute Gasteiger partial charge is 0.497 e. The average molecular weight is 434 g/mol. The van der Waals surface area contributed by atoms with E-state index in [2.05, 4.69) is 20.6 Å². The number of rotatable bonds is 7. The Kier molecular flexibility index (Phi) is 5.84. The normalized spacial score (nSPS) is 10.8. The summed E-state index contributed by atoms with van der Waals surface area (Å²) in [5, 5.41) is 10.8. The maximum atomic E-state index is 12.8. The Bertz CT molecular complexity index is 1340. The molecule has 1 N–H and O–H groups in total. The smallest absolute Gasteiger partial charge is 0.283 e. The van der Waals surface area contributed by atoms with Crippen molar-refractivity contribution < 1.29 is 14.3 Å². The maximum absolute atomic E-state index is 12.8. The predicted octanol–water partition coefficient (Wildman–Crippen LogP) is 2.00. The Hall–Kier alpha value is -4.21. The van der Waals surface area contributed by atoms with Crippen molar-refractivity contribution in [3.8, 4) is 11.5 Å². The molecule has 4 aromatic rings. The van der Waals surface area contributed by atoms with Crippen molar-refractivity contribution in [3.63, 3.8) is 0 Å². The van der Waals surface area contributed by atoms with Gasteiger partial charge in [-0.3, -0.25) is 14.2 Å². The van der Waals surface area contributed by atoms with Crippen molar-refractivity contribution in [2.45, 2.75) is 20.0 Å².